The van der Waals surface area contributed by atoms with Crippen molar-refractivity contribution < 1.29 is 8.42 Å². The third kappa shape index (κ3) is 3.12. The summed E-state index contributed by atoms with van der Waals surface area (Å²) in [6, 6.07) is 7.09. The Labute approximate surface area is 136 Å². The Morgan fingerprint density at radius 3 is 2.46 bits per heavy atom. The van der Waals surface area contributed by atoms with Crippen molar-refractivity contribution in [2.24, 2.45) is 0 Å². The maximum absolute atomic E-state index is 12.5. The van der Waals surface area contributed by atoms with Crippen molar-refractivity contribution in [2.45, 2.75) is 17.9 Å². The number of aromatic amines is 2. The van der Waals surface area contributed by atoms with E-state index >= 15 is 0 Å². The van der Waals surface area contributed by atoms with Gasteiger partial charge in [-0.15, -0.1) is 0 Å². The molecule has 3 N–H and O–H groups in total. The second-order valence-corrected chi connectivity index (χ2v) is 6.96. The van der Waals surface area contributed by atoms with Crippen molar-refractivity contribution in [1.29, 1.82) is 0 Å². The molecule has 0 saturated heterocycles. The summed E-state index contributed by atoms with van der Waals surface area (Å²) in [7, 11) is -3.81. The van der Waals surface area contributed by atoms with Crippen molar-refractivity contribution in [3.8, 4) is 0 Å². The molecular weight excluding hydrogens is 332 g/mol. The molecule has 0 bridgehead atoms. The van der Waals surface area contributed by atoms with Gasteiger partial charge in [-0.3, -0.25) is 14.6 Å². The van der Waals surface area contributed by atoms with Crippen molar-refractivity contribution in [3.63, 3.8) is 0 Å². The number of hydrogen-bond acceptors (Lipinski definition) is 5. The monoisotopic (exact) mass is 346 g/mol. The molecule has 24 heavy (non-hydrogen) atoms. The lowest BCUT2D eigenvalue weighted by molar-refractivity contribution is 0.566. The molecule has 0 radical (unpaired) electrons. The minimum Gasteiger partial charge on any atom is -0.316 e. The van der Waals surface area contributed by atoms with E-state index in [-0.39, 0.29) is 10.4 Å². The lowest BCUT2D eigenvalue weighted by atomic mass is 10.2. The summed E-state index contributed by atoms with van der Waals surface area (Å²) in [6.07, 6.45) is 3.18. The van der Waals surface area contributed by atoms with Crippen molar-refractivity contribution in [1.82, 2.24) is 19.7 Å². The van der Waals surface area contributed by atoms with Crippen LogP contribution in [0.1, 0.15) is 18.5 Å². The van der Waals surface area contributed by atoms with Gasteiger partial charge >= 0.3 is 11.1 Å². The Balaban J connectivity index is 1.97. The Bertz CT molecular complexity index is 1100. The number of nitrogens with one attached hydrogen (secondary N) is 3. The van der Waals surface area contributed by atoms with Crippen LogP contribution in [0.25, 0.3) is 11.0 Å². The molecule has 0 aliphatic rings. The van der Waals surface area contributed by atoms with Crippen LogP contribution in [0.3, 0.4) is 0 Å². The average molecular weight is 346 g/mol. The number of aromatic nitrogens is 3. The van der Waals surface area contributed by atoms with E-state index in [0.717, 1.165) is 5.56 Å². The van der Waals surface area contributed by atoms with Crippen molar-refractivity contribution in [3.05, 3.63) is 69.0 Å². The van der Waals surface area contributed by atoms with Gasteiger partial charge in [0.15, 0.2) is 0 Å². The molecular formula is C15H14N4O4S. The van der Waals surface area contributed by atoms with Crippen LogP contribution in [-0.4, -0.2) is 23.4 Å². The van der Waals surface area contributed by atoms with Crippen LogP contribution >= 0.6 is 0 Å². The van der Waals surface area contributed by atoms with Gasteiger partial charge in [-0.25, -0.2) is 13.1 Å². The smallest absolute Gasteiger partial charge is 0.314 e. The molecule has 2 aromatic heterocycles. The highest BCUT2D eigenvalue weighted by molar-refractivity contribution is 7.89. The Kier molecular flexibility index (Phi) is 4.04. The van der Waals surface area contributed by atoms with Crippen LogP contribution in [0.5, 0.6) is 0 Å². The zero-order valence-corrected chi connectivity index (χ0v) is 13.4. The highest BCUT2D eigenvalue weighted by Gasteiger charge is 2.19. The van der Waals surface area contributed by atoms with Crippen LogP contribution in [0.4, 0.5) is 0 Å². The molecule has 124 valence electrons. The molecule has 0 aliphatic carbocycles. The molecule has 9 heteroatoms. The Morgan fingerprint density at radius 1 is 1.08 bits per heavy atom. The first-order valence-corrected chi connectivity index (χ1v) is 8.54. The molecule has 1 aromatic carbocycles. The molecule has 0 spiro atoms. The minimum atomic E-state index is -3.81. The van der Waals surface area contributed by atoms with Crippen LogP contribution in [0.2, 0.25) is 0 Å². The van der Waals surface area contributed by atoms with E-state index < -0.39 is 27.2 Å². The SMILES string of the molecule is C[C@H](NS(=O)(=O)c1ccc2[nH]c(=O)c(=O)[nH]c2c1)c1cccnc1. The predicted octanol–water partition coefficient (Wildman–Crippen LogP) is 0.651. The highest BCUT2D eigenvalue weighted by Crippen LogP contribution is 2.18. The standard InChI is InChI=1S/C15H14N4O4S/c1-9(10-3-2-6-16-8-10)19-24(22,23)11-4-5-12-13(7-11)18-15(21)14(20)17-12/h2-9,19H,1H3,(H,17,20)(H,18,21)/t9-/m0/s1. The normalized spacial score (nSPS) is 13.0. The van der Waals surface area contributed by atoms with E-state index in [9.17, 15) is 18.0 Å². The van der Waals surface area contributed by atoms with Crippen LogP contribution < -0.4 is 15.8 Å². The van der Waals surface area contributed by atoms with Gasteiger partial charge in [-0.1, -0.05) is 6.07 Å². The summed E-state index contributed by atoms with van der Waals surface area (Å²) < 4.78 is 27.6. The number of sulfonamides is 1. The predicted molar refractivity (Wildman–Crippen MR) is 88.2 cm³/mol. The second kappa shape index (κ2) is 6.02. The van der Waals surface area contributed by atoms with Gasteiger partial charge in [0.05, 0.1) is 15.9 Å². The van der Waals surface area contributed by atoms with Gasteiger partial charge in [-0.05, 0) is 36.8 Å². The number of benzene rings is 1. The lowest BCUT2D eigenvalue weighted by Crippen LogP contribution is -2.29. The Hall–Kier alpha value is -2.78. The lowest BCUT2D eigenvalue weighted by Gasteiger charge is -2.14. The average Bonchev–Trinajstić information content (AvgIpc) is 2.56. The number of nitrogens with zero attached hydrogens (tertiary/aromatic N) is 1. The van der Waals surface area contributed by atoms with E-state index in [1.807, 2.05) is 0 Å². The Morgan fingerprint density at radius 2 is 1.79 bits per heavy atom. The van der Waals surface area contributed by atoms with E-state index in [2.05, 4.69) is 19.7 Å². The number of rotatable bonds is 4. The van der Waals surface area contributed by atoms with Crippen molar-refractivity contribution in [2.75, 3.05) is 0 Å². The summed E-state index contributed by atoms with van der Waals surface area (Å²) in [4.78, 5) is 31.3. The maximum Gasteiger partial charge on any atom is 0.314 e. The molecule has 0 amide bonds. The van der Waals surface area contributed by atoms with Crippen molar-refractivity contribution >= 4 is 21.1 Å². The van der Waals surface area contributed by atoms with Gasteiger partial charge in [0.25, 0.3) is 0 Å². The third-order valence-electron chi connectivity index (χ3n) is 3.52. The fourth-order valence-corrected chi connectivity index (χ4v) is 3.52. The van der Waals surface area contributed by atoms with E-state index in [4.69, 9.17) is 0 Å². The molecule has 0 fully saturated rings. The maximum atomic E-state index is 12.5. The summed E-state index contributed by atoms with van der Waals surface area (Å²) >= 11 is 0. The first kappa shape index (κ1) is 16.1. The summed E-state index contributed by atoms with van der Waals surface area (Å²) in [6.45, 7) is 1.70. The number of H-pyrrole nitrogens is 2. The molecule has 2 heterocycles. The molecule has 0 saturated carbocycles. The third-order valence-corrected chi connectivity index (χ3v) is 5.06. The van der Waals surface area contributed by atoms with Gasteiger partial charge in [0.1, 0.15) is 0 Å². The van der Waals surface area contributed by atoms with E-state index in [0.29, 0.717) is 5.52 Å². The number of pyridine rings is 1. The molecule has 0 unspecified atom stereocenters. The molecule has 3 rings (SSSR count). The van der Waals surface area contributed by atoms with E-state index in [1.54, 1.807) is 31.5 Å². The molecule has 8 nitrogen and oxygen atoms in total. The van der Waals surface area contributed by atoms with Crippen LogP contribution in [0, 0.1) is 0 Å². The minimum absolute atomic E-state index is 0.0200. The fraction of sp³-hybridized carbons (Fsp3) is 0.133. The quantitative estimate of drug-likeness (QED) is 0.598. The van der Waals surface area contributed by atoms with Gasteiger partial charge < -0.3 is 9.97 Å². The first-order chi connectivity index (χ1) is 11.4. The van der Waals surface area contributed by atoms with Gasteiger partial charge in [-0.2, -0.15) is 0 Å². The van der Waals surface area contributed by atoms with Gasteiger partial charge in [0, 0.05) is 18.4 Å². The van der Waals surface area contributed by atoms with E-state index in [1.165, 1.54) is 18.2 Å². The highest BCUT2D eigenvalue weighted by atomic mass is 32.2. The number of hydrogen-bond donors (Lipinski definition) is 3. The van der Waals surface area contributed by atoms with Crippen LogP contribution in [0.15, 0.2) is 57.2 Å². The molecule has 1 atom stereocenters. The second-order valence-electron chi connectivity index (χ2n) is 5.24. The molecule has 3 aromatic rings. The largest absolute Gasteiger partial charge is 0.316 e. The number of fused-ring (bicyclic) bond motifs is 1. The van der Waals surface area contributed by atoms with Crippen LogP contribution in [-0.2, 0) is 10.0 Å². The fourth-order valence-electron chi connectivity index (χ4n) is 2.26. The van der Waals surface area contributed by atoms with Gasteiger partial charge in [0.2, 0.25) is 10.0 Å². The topological polar surface area (TPSA) is 125 Å². The summed E-state index contributed by atoms with van der Waals surface area (Å²) in [5.41, 5.74) is -0.329. The zero-order valence-electron chi connectivity index (χ0n) is 12.6. The first-order valence-electron chi connectivity index (χ1n) is 7.05. The molecule has 0 aliphatic heterocycles. The summed E-state index contributed by atoms with van der Waals surface area (Å²) in [5, 5.41) is 0. The zero-order chi connectivity index (χ0) is 17.3. The summed E-state index contributed by atoms with van der Waals surface area (Å²) in [5.74, 6) is 0.